The molecule has 0 radical (unpaired) electrons. The Morgan fingerprint density at radius 3 is 1.58 bits per heavy atom. The van der Waals surface area contributed by atoms with E-state index in [4.69, 9.17) is 9.90 Å². The van der Waals surface area contributed by atoms with Crippen LogP contribution >= 0.6 is 11.8 Å². The van der Waals surface area contributed by atoms with Gasteiger partial charge < -0.3 is 26.2 Å². The van der Waals surface area contributed by atoms with Crippen molar-refractivity contribution in [3.8, 4) is 11.1 Å². The van der Waals surface area contributed by atoms with Crippen molar-refractivity contribution in [1.29, 1.82) is 0 Å². The number of benzene rings is 5. The molecule has 2 atom stereocenters. The van der Waals surface area contributed by atoms with Crippen molar-refractivity contribution >= 4 is 41.3 Å². The summed E-state index contributed by atoms with van der Waals surface area (Å²) in [5.41, 5.74) is 5.72. The molecule has 0 fully saturated rings. The number of amides is 2. The van der Waals surface area contributed by atoms with Crippen molar-refractivity contribution < 1.29 is 42.6 Å². The standard InChI is InChI=1S/C46H44N4O4S.C2HF3O2/c51-43(25-15-31-48-42-24-13-14-30-47-42)49-41(45(54)50-40(32-44(52)53)36-28-26-35(27-29-36)34-16-5-1-6-17-34)33-55-46(37-18-7-2-8-19-37,38-20-9-3-10-21-38)39-22-11-4-12-23-39;3-2(4,5)1(6)7/h1-14,16-24,26-30,40-41H,15,25,31-33H2,(H,47,48)(H,49,51)(H,50,54)(H,52,53);(H,6,7)/t40?,41-;/m0./s1. The maximum absolute atomic E-state index is 14.4. The fraction of sp³-hybridized carbons (Fsp3) is 0.188. The normalized spacial score (nSPS) is 12.1. The van der Waals surface area contributed by atoms with Gasteiger partial charge in [-0.05, 0) is 51.9 Å². The van der Waals surface area contributed by atoms with Crippen molar-refractivity contribution in [2.45, 2.75) is 42.3 Å². The predicted octanol–water partition coefficient (Wildman–Crippen LogP) is 9.12. The summed E-state index contributed by atoms with van der Waals surface area (Å²) in [6, 6.07) is 51.6. The van der Waals surface area contributed by atoms with E-state index in [1.165, 1.54) is 0 Å². The number of carbonyl (C=O) groups excluding carboxylic acids is 2. The molecule has 0 saturated carbocycles. The minimum atomic E-state index is -5.08. The second-order valence-electron chi connectivity index (χ2n) is 13.9. The summed E-state index contributed by atoms with van der Waals surface area (Å²) in [7, 11) is 0. The highest BCUT2D eigenvalue weighted by Crippen LogP contribution is 2.48. The van der Waals surface area contributed by atoms with E-state index in [2.05, 4.69) is 57.3 Å². The van der Waals surface area contributed by atoms with Crippen LogP contribution in [0.5, 0.6) is 0 Å². The van der Waals surface area contributed by atoms with Gasteiger partial charge in [-0.1, -0.05) is 152 Å². The van der Waals surface area contributed by atoms with E-state index in [0.717, 1.165) is 33.6 Å². The number of carboxylic acids is 2. The number of halogens is 3. The molecule has 1 heterocycles. The smallest absolute Gasteiger partial charge is 0.481 e. The Kier molecular flexibility index (Phi) is 16.8. The predicted molar refractivity (Wildman–Crippen MR) is 234 cm³/mol. The molecule has 320 valence electrons. The van der Waals surface area contributed by atoms with Gasteiger partial charge in [0.15, 0.2) is 0 Å². The first-order valence-corrected chi connectivity index (χ1v) is 20.6. The topological polar surface area (TPSA) is 158 Å². The Bertz CT molecular complexity index is 2230. The first-order valence-electron chi connectivity index (χ1n) is 19.6. The van der Waals surface area contributed by atoms with Crippen molar-refractivity contribution in [2.24, 2.45) is 0 Å². The summed E-state index contributed by atoms with van der Waals surface area (Å²) in [6.07, 6.45) is -3.02. The van der Waals surface area contributed by atoms with E-state index in [-0.39, 0.29) is 24.5 Å². The first kappa shape index (κ1) is 46.1. The van der Waals surface area contributed by atoms with Crippen LogP contribution in [0.15, 0.2) is 170 Å². The summed E-state index contributed by atoms with van der Waals surface area (Å²) in [5, 5.41) is 26.3. The maximum Gasteiger partial charge on any atom is 0.490 e. The molecule has 1 unspecified atom stereocenters. The molecule has 5 aromatic carbocycles. The third-order valence-corrected chi connectivity index (χ3v) is 11.2. The molecular weight excluding hydrogens is 818 g/mol. The number of alkyl halides is 3. The lowest BCUT2D eigenvalue weighted by Gasteiger charge is -2.36. The Hall–Kier alpha value is -6.93. The Morgan fingerprint density at radius 1 is 0.629 bits per heavy atom. The van der Waals surface area contributed by atoms with Gasteiger partial charge in [0, 0.05) is 24.9 Å². The van der Waals surface area contributed by atoms with E-state index >= 15 is 0 Å². The second kappa shape index (κ2) is 22.6. The molecule has 6 rings (SSSR count). The largest absolute Gasteiger partial charge is 0.490 e. The molecule has 0 aliphatic heterocycles. The summed E-state index contributed by atoms with van der Waals surface area (Å²) < 4.78 is 31.0. The molecule has 1 aromatic heterocycles. The van der Waals surface area contributed by atoms with Crippen LogP contribution in [0.25, 0.3) is 11.1 Å². The zero-order valence-corrected chi connectivity index (χ0v) is 34.2. The number of aromatic nitrogens is 1. The van der Waals surface area contributed by atoms with Crippen LogP contribution in [0.3, 0.4) is 0 Å². The molecule has 0 aliphatic rings. The zero-order valence-electron chi connectivity index (χ0n) is 33.4. The molecule has 62 heavy (non-hydrogen) atoms. The average Bonchev–Trinajstić information content (AvgIpc) is 3.29. The number of pyridine rings is 1. The van der Waals surface area contributed by atoms with Crippen LogP contribution in [0.2, 0.25) is 0 Å². The highest BCUT2D eigenvalue weighted by molar-refractivity contribution is 8.00. The number of anilines is 1. The zero-order chi connectivity index (χ0) is 44.4. The molecule has 0 saturated heterocycles. The van der Waals surface area contributed by atoms with E-state index in [1.54, 1.807) is 18.0 Å². The summed E-state index contributed by atoms with van der Waals surface area (Å²) >= 11 is 1.56. The fourth-order valence-corrected chi connectivity index (χ4v) is 8.16. The van der Waals surface area contributed by atoms with Gasteiger partial charge in [-0.2, -0.15) is 13.2 Å². The summed E-state index contributed by atoms with van der Waals surface area (Å²) in [4.78, 5) is 53.3. The molecule has 0 spiro atoms. The number of hydrogen-bond acceptors (Lipinski definition) is 7. The highest BCUT2D eigenvalue weighted by atomic mass is 32.2. The number of nitrogens with zero attached hydrogens (tertiary/aromatic N) is 1. The number of carboxylic acid groups (broad SMARTS) is 2. The fourth-order valence-electron chi connectivity index (χ4n) is 6.60. The third kappa shape index (κ3) is 13.3. The molecule has 0 bridgehead atoms. The van der Waals surface area contributed by atoms with E-state index in [1.807, 2.05) is 127 Å². The SMILES string of the molecule is O=C(O)C(F)(F)F.O=C(O)CC(NC(=O)[C@H](CSC(c1ccccc1)(c1ccccc1)c1ccccc1)NC(=O)CCCNc1ccccn1)c1ccc(-c2ccccc2)cc1. The van der Waals surface area contributed by atoms with Gasteiger partial charge in [0.05, 0.1) is 17.2 Å². The number of aliphatic carboxylic acids is 2. The number of nitrogens with one attached hydrogen (secondary N) is 3. The van der Waals surface area contributed by atoms with Gasteiger partial charge in [-0.15, -0.1) is 11.8 Å². The van der Waals surface area contributed by atoms with Crippen LogP contribution in [0.4, 0.5) is 19.0 Å². The van der Waals surface area contributed by atoms with E-state index in [9.17, 15) is 32.7 Å². The molecule has 6 aromatic rings. The van der Waals surface area contributed by atoms with Gasteiger partial charge in [-0.25, -0.2) is 9.78 Å². The monoisotopic (exact) mass is 862 g/mol. The number of carbonyl (C=O) groups is 4. The van der Waals surface area contributed by atoms with Crippen LogP contribution in [-0.2, 0) is 23.9 Å². The van der Waals surface area contributed by atoms with Crippen LogP contribution in [0, 0.1) is 0 Å². The van der Waals surface area contributed by atoms with Gasteiger partial charge in [0.25, 0.3) is 0 Å². The van der Waals surface area contributed by atoms with Crippen LogP contribution < -0.4 is 16.0 Å². The van der Waals surface area contributed by atoms with Gasteiger partial charge >= 0.3 is 18.1 Å². The Labute approximate surface area is 361 Å². The molecule has 10 nitrogen and oxygen atoms in total. The lowest BCUT2D eigenvalue weighted by atomic mass is 9.84. The van der Waals surface area contributed by atoms with Gasteiger partial charge in [0.1, 0.15) is 11.9 Å². The number of thioether (sulfide) groups is 1. The minimum absolute atomic E-state index is 0.176. The lowest BCUT2D eigenvalue weighted by molar-refractivity contribution is -0.192. The number of hydrogen-bond donors (Lipinski definition) is 5. The molecule has 2 amide bonds. The first-order chi connectivity index (χ1) is 29.9. The quantitative estimate of drug-likeness (QED) is 0.0420. The van der Waals surface area contributed by atoms with E-state index < -0.39 is 40.9 Å². The Morgan fingerprint density at radius 2 is 1.11 bits per heavy atom. The molecule has 14 heteroatoms. The Balaban J connectivity index is 0.000000955. The van der Waals surface area contributed by atoms with Crippen molar-refractivity contribution in [1.82, 2.24) is 15.6 Å². The van der Waals surface area contributed by atoms with Crippen LogP contribution in [-0.4, -0.2) is 63.5 Å². The molecule has 5 N–H and O–H groups in total. The van der Waals surface area contributed by atoms with E-state index in [0.29, 0.717) is 18.5 Å². The maximum atomic E-state index is 14.4. The molecular formula is C48H45F3N4O6S. The van der Waals surface area contributed by atoms with Gasteiger partial charge in [-0.3, -0.25) is 14.4 Å². The third-order valence-electron chi connectivity index (χ3n) is 9.57. The summed E-state index contributed by atoms with van der Waals surface area (Å²) in [6.45, 7) is 0.523. The van der Waals surface area contributed by atoms with Gasteiger partial charge in [0.2, 0.25) is 11.8 Å². The van der Waals surface area contributed by atoms with Crippen molar-refractivity contribution in [2.75, 3.05) is 17.6 Å². The van der Waals surface area contributed by atoms with Crippen molar-refractivity contribution in [3.05, 3.63) is 192 Å². The average molecular weight is 863 g/mol. The van der Waals surface area contributed by atoms with Crippen LogP contribution in [0.1, 0.15) is 47.6 Å². The lowest BCUT2D eigenvalue weighted by Crippen LogP contribution is -2.50. The highest BCUT2D eigenvalue weighted by Gasteiger charge is 2.39. The van der Waals surface area contributed by atoms with Crippen molar-refractivity contribution in [3.63, 3.8) is 0 Å². The number of rotatable bonds is 18. The second-order valence-corrected chi connectivity index (χ2v) is 15.1. The minimum Gasteiger partial charge on any atom is -0.481 e. The molecule has 0 aliphatic carbocycles. The summed E-state index contributed by atoms with van der Waals surface area (Å²) in [5.74, 6) is -3.65.